The van der Waals surface area contributed by atoms with Crippen LogP contribution < -0.4 is 10.2 Å². The number of carbonyl (C=O) groups is 1. The molecule has 106 valence electrons. The van der Waals surface area contributed by atoms with E-state index in [1.165, 1.54) is 5.56 Å². The van der Waals surface area contributed by atoms with E-state index < -0.39 is 0 Å². The number of amides is 1. The van der Waals surface area contributed by atoms with Crippen molar-refractivity contribution in [3.8, 4) is 0 Å². The highest BCUT2D eigenvalue weighted by molar-refractivity contribution is 5.93. The Balaban J connectivity index is 2.28. The van der Waals surface area contributed by atoms with E-state index in [2.05, 4.69) is 23.3 Å². The number of pyridine rings is 1. The lowest BCUT2D eigenvalue weighted by atomic mass is 10.1. The van der Waals surface area contributed by atoms with E-state index in [9.17, 15) is 4.79 Å². The Morgan fingerprint density at radius 2 is 2.10 bits per heavy atom. The van der Waals surface area contributed by atoms with Crippen molar-refractivity contribution in [3.05, 3.63) is 36.0 Å². The average Bonchev–Trinajstić information content (AvgIpc) is 2.36. The van der Waals surface area contributed by atoms with Gasteiger partial charge in [0.05, 0.1) is 12.1 Å². The molecule has 0 unspecified atom stereocenters. The molecule has 2 rings (SSSR count). The third-order valence-electron chi connectivity index (χ3n) is 3.12. The monoisotopic (exact) mass is 271 g/mol. The van der Waals surface area contributed by atoms with E-state index in [1.807, 2.05) is 44.0 Å². The van der Waals surface area contributed by atoms with Gasteiger partial charge in [-0.15, -0.1) is 0 Å². The summed E-state index contributed by atoms with van der Waals surface area (Å²) in [5.41, 5.74) is 3.16. The number of aromatic nitrogens is 1. The molecular formula is C16H21N3O. The van der Waals surface area contributed by atoms with Gasteiger partial charge in [-0.2, -0.15) is 0 Å². The quantitative estimate of drug-likeness (QED) is 0.929. The normalized spacial score (nSPS) is 10.8. The topological polar surface area (TPSA) is 45.2 Å². The van der Waals surface area contributed by atoms with Crippen LogP contribution in [0, 0.1) is 6.92 Å². The predicted octanol–water partition coefficient (Wildman–Crippen LogP) is 2.50. The summed E-state index contributed by atoms with van der Waals surface area (Å²) in [5, 5.41) is 3.98. The van der Waals surface area contributed by atoms with Crippen LogP contribution in [-0.2, 0) is 4.79 Å². The zero-order valence-electron chi connectivity index (χ0n) is 12.5. The minimum atomic E-state index is 0.0279. The number of anilines is 1. The first-order valence-electron chi connectivity index (χ1n) is 6.83. The van der Waals surface area contributed by atoms with E-state index in [1.54, 1.807) is 6.20 Å². The highest BCUT2D eigenvalue weighted by Gasteiger charge is 2.11. The third kappa shape index (κ3) is 3.26. The fourth-order valence-corrected chi connectivity index (χ4v) is 2.25. The molecule has 4 heteroatoms. The second-order valence-electron chi connectivity index (χ2n) is 5.43. The number of hydrogen-bond acceptors (Lipinski definition) is 3. The summed E-state index contributed by atoms with van der Waals surface area (Å²) >= 11 is 0. The first-order chi connectivity index (χ1) is 9.47. The van der Waals surface area contributed by atoms with Crippen LogP contribution in [0.4, 0.5) is 5.69 Å². The lowest BCUT2D eigenvalue weighted by Crippen LogP contribution is -2.38. The minimum Gasteiger partial charge on any atom is -0.365 e. The van der Waals surface area contributed by atoms with Gasteiger partial charge in [-0.3, -0.25) is 9.78 Å². The number of benzene rings is 1. The molecule has 1 aromatic carbocycles. The molecule has 1 amide bonds. The van der Waals surface area contributed by atoms with Gasteiger partial charge in [0.2, 0.25) is 5.91 Å². The Hall–Kier alpha value is -2.10. The molecule has 0 atom stereocenters. The van der Waals surface area contributed by atoms with Crippen molar-refractivity contribution in [1.29, 1.82) is 0 Å². The molecule has 1 N–H and O–H groups in total. The second kappa shape index (κ2) is 5.90. The van der Waals surface area contributed by atoms with Crippen molar-refractivity contribution < 1.29 is 4.79 Å². The first kappa shape index (κ1) is 14.3. The standard InChI is InChI=1S/C16H21N3O/c1-11(2)18-16(20)10-19(4)15-7-8-17-14-6-5-12(3)9-13(14)15/h5-9,11H,10H2,1-4H3,(H,18,20). The Bertz CT molecular complexity index is 622. The van der Waals surface area contributed by atoms with E-state index in [0.717, 1.165) is 16.6 Å². The van der Waals surface area contributed by atoms with Gasteiger partial charge in [0, 0.05) is 30.4 Å². The molecule has 4 nitrogen and oxygen atoms in total. The summed E-state index contributed by atoms with van der Waals surface area (Å²) in [4.78, 5) is 18.2. The summed E-state index contributed by atoms with van der Waals surface area (Å²) in [6, 6.07) is 8.27. The SMILES string of the molecule is Cc1ccc2nccc(N(C)CC(=O)NC(C)C)c2c1. The number of carbonyl (C=O) groups excluding carboxylic acids is 1. The van der Waals surface area contributed by atoms with E-state index in [0.29, 0.717) is 6.54 Å². The molecule has 2 aromatic rings. The van der Waals surface area contributed by atoms with E-state index in [4.69, 9.17) is 0 Å². The van der Waals surface area contributed by atoms with Crippen LogP contribution in [0.15, 0.2) is 30.5 Å². The highest BCUT2D eigenvalue weighted by Crippen LogP contribution is 2.25. The molecule has 20 heavy (non-hydrogen) atoms. The fraction of sp³-hybridized carbons (Fsp3) is 0.375. The van der Waals surface area contributed by atoms with Gasteiger partial charge >= 0.3 is 0 Å². The molecule has 0 aliphatic carbocycles. The smallest absolute Gasteiger partial charge is 0.239 e. The van der Waals surface area contributed by atoms with E-state index >= 15 is 0 Å². The molecule has 0 aliphatic heterocycles. The van der Waals surface area contributed by atoms with Gasteiger partial charge in [0.1, 0.15) is 0 Å². The van der Waals surface area contributed by atoms with Crippen LogP contribution in [0.5, 0.6) is 0 Å². The van der Waals surface area contributed by atoms with Gasteiger partial charge in [-0.25, -0.2) is 0 Å². The van der Waals surface area contributed by atoms with Crippen LogP contribution in [-0.4, -0.2) is 30.5 Å². The number of rotatable bonds is 4. The molecule has 0 saturated carbocycles. The zero-order valence-corrected chi connectivity index (χ0v) is 12.5. The summed E-state index contributed by atoms with van der Waals surface area (Å²) in [6.07, 6.45) is 1.78. The van der Waals surface area contributed by atoms with Crippen molar-refractivity contribution in [2.75, 3.05) is 18.5 Å². The molecule has 0 fully saturated rings. The number of nitrogens with one attached hydrogen (secondary N) is 1. The van der Waals surface area contributed by atoms with Crippen LogP contribution in [0.2, 0.25) is 0 Å². The third-order valence-corrected chi connectivity index (χ3v) is 3.12. The molecule has 0 saturated heterocycles. The van der Waals surface area contributed by atoms with Gasteiger partial charge in [-0.1, -0.05) is 11.6 Å². The zero-order chi connectivity index (χ0) is 14.7. The first-order valence-corrected chi connectivity index (χ1v) is 6.83. The molecular weight excluding hydrogens is 250 g/mol. The second-order valence-corrected chi connectivity index (χ2v) is 5.43. The molecule has 1 heterocycles. The number of hydrogen-bond donors (Lipinski definition) is 1. The van der Waals surface area contributed by atoms with Crippen molar-refractivity contribution in [3.63, 3.8) is 0 Å². The van der Waals surface area contributed by atoms with Gasteiger partial charge in [0.25, 0.3) is 0 Å². The number of aryl methyl sites for hydroxylation is 1. The molecule has 0 bridgehead atoms. The Morgan fingerprint density at radius 3 is 2.80 bits per heavy atom. The molecule has 1 aromatic heterocycles. The maximum Gasteiger partial charge on any atom is 0.239 e. The van der Waals surface area contributed by atoms with Crippen molar-refractivity contribution >= 4 is 22.5 Å². The van der Waals surface area contributed by atoms with Crippen molar-refractivity contribution in [2.24, 2.45) is 0 Å². The Labute approximate surface area is 119 Å². The average molecular weight is 271 g/mol. The molecule has 0 aliphatic rings. The lowest BCUT2D eigenvalue weighted by molar-refractivity contribution is -0.120. The molecule has 0 radical (unpaired) electrons. The predicted molar refractivity (Wildman–Crippen MR) is 83.0 cm³/mol. The van der Waals surface area contributed by atoms with Gasteiger partial charge in [0.15, 0.2) is 0 Å². The van der Waals surface area contributed by atoms with Crippen LogP contribution in [0.1, 0.15) is 19.4 Å². The van der Waals surface area contributed by atoms with Crippen LogP contribution >= 0.6 is 0 Å². The maximum absolute atomic E-state index is 11.9. The summed E-state index contributed by atoms with van der Waals surface area (Å²) in [5.74, 6) is 0.0279. The Kier molecular flexibility index (Phi) is 4.23. The minimum absolute atomic E-state index is 0.0279. The maximum atomic E-state index is 11.9. The van der Waals surface area contributed by atoms with Crippen molar-refractivity contribution in [1.82, 2.24) is 10.3 Å². The number of fused-ring (bicyclic) bond motifs is 1. The molecule has 0 spiro atoms. The number of nitrogens with zero attached hydrogens (tertiary/aromatic N) is 2. The highest BCUT2D eigenvalue weighted by atomic mass is 16.2. The van der Waals surface area contributed by atoms with Crippen molar-refractivity contribution in [2.45, 2.75) is 26.8 Å². The van der Waals surface area contributed by atoms with Gasteiger partial charge in [-0.05, 0) is 39.0 Å². The summed E-state index contributed by atoms with van der Waals surface area (Å²) < 4.78 is 0. The fourth-order valence-electron chi connectivity index (χ4n) is 2.25. The Morgan fingerprint density at radius 1 is 1.35 bits per heavy atom. The summed E-state index contributed by atoms with van der Waals surface area (Å²) in [6.45, 7) is 6.32. The van der Waals surface area contributed by atoms with E-state index in [-0.39, 0.29) is 11.9 Å². The van der Waals surface area contributed by atoms with Gasteiger partial charge < -0.3 is 10.2 Å². The van der Waals surface area contributed by atoms with Crippen LogP contribution in [0.25, 0.3) is 10.9 Å². The largest absolute Gasteiger partial charge is 0.365 e. The van der Waals surface area contributed by atoms with Crippen LogP contribution in [0.3, 0.4) is 0 Å². The number of likely N-dealkylation sites (N-methyl/N-ethyl adjacent to an activating group) is 1. The summed E-state index contributed by atoms with van der Waals surface area (Å²) in [7, 11) is 1.93. The lowest BCUT2D eigenvalue weighted by Gasteiger charge is -2.21.